The van der Waals surface area contributed by atoms with Crippen molar-refractivity contribution in [3.05, 3.63) is 18.0 Å². The van der Waals surface area contributed by atoms with Gasteiger partial charge in [-0.25, -0.2) is 13.6 Å². The molecule has 0 unspecified atom stereocenters. The Morgan fingerprint density at radius 3 is 2.65 bits per heavy atom. The Bertz CT molecular complexity index is 615. The predicted octanol–water partition coefficient (Wildman–Crippen LogP) is 1.08. The largest absolute Gasteiger partial charge is 0.350 e. The third kappa shape index (κ3) is 3.40. The summed E-state index contributed by atoms with van der Waals surface area (Å²) in [5.74, 6) is -0.249. The molecule has 0 bridgehead atoms. The van der Waals surface area contributed by atoms with E-state index < -0.39 is 10.0 Å². The first-order valence-corrected chi connectivity index (χ1v) is 8.31. The van der Waals surface area contributed by atoms with E-state index in [9.17, 15) is 13.2 Å². The van der Waals surface area contributed by atoms with Crippen molar-refractivity contribution in [1.29, 1.82) is 0 Å². The number of rotatable bonds is 6. The molecule has 1 saturated carbocycles. The van der Waals surface area contributed by atoms with Gasteiger partial charge in [-0.3, -0.25) is 4.79 Å². The average molecular weight is 299 g/mol. The lowest BCUT2D eigenvalue weighted by atomic mass is 10.1. The topological polar surface area (TPSA) is 94.2 Å². The van der Waals surface area contributed by atoms with Crippen molar-refractivity contribution >= 4 is 15.9 Å². The van der Waals surface area contributed by atoms with Crippen LogP contribution in [0.15, 0.2) is 17.2 Å². The van der Waals surface area contributed by atoms with Crippen LogP contribution < -0.4 is 10.5 Å². The van der Waals surface area contributed by atoms with Crippen LogP contribution in [0.25, 0.3) is 0 Å². The maximum absolute atomic E-state index is 12.2. The molecule has 1 aliphatic rings. The molecule has 1 amide bonds. The molecule has 3 N–H and O–H groups in total. The van der Waals surface area contributed by atoms with E-state index in [0.29, 0.717) is 18.8 Å². The van der Waals surface area contributed by atoms with E-state index in [1.165, 1.54) is 12.3 Å². The van der Waals surface area contributed by atoms with Crippen molar-refractivity contribution in [3.8, 4) is 0 Å². The molecule has 0 radical (unpaired) electrons. The molecule has 7 heteroatoms. The molecule has 0 aliphatic heterocycles. The van der Waals surface area contributed by atoms with Gasteiger partial charge in [-0.2, -0.15) is 0 Å². The third-order valence-corrected chi connectivity index (χ3v) is 4.56. The summed E-state index contributed by atoms with van der Waals surface area (Å²) in [6, 6.07) is 1.34. The molecule has 0 aromatic carbocycles. The Hall–Kier alpha value is -1.34. The highest BCUT2D eigenvalue weighted by Gasteiger charge is 2.37. The Balaban J connectivity index is 2.19. The van der Waals surface area contributed by atoms with Crippen LogP contribution >= 0.6 is 0 Å². The van der Waals surface area contributed by atoms with Gasteiger partial charge in [-0.05, 0) is 30.7 Å². The maximum atomic E-state index is 12.2. The summed E-state index contributed by atoms with van der Waals surface area (Å²) < 4.78 is 24.4. The van der Waals surface area contributed by atoms with Crippen molar-refractivity contribution < 1.29 is 13.2 Å². The van der Waals surface area contributed by atoms with Gasteiger partial charge in [0, 0.05) is 19.3 Å². The monoisotopic (exact) mass is 299 g/mol. The van der Waals surface area contributed by atoms with Crippen molar-refractivity contribution in [2.75, 3.05) is 6.54 Å². The lowest BCUT2D eigenvalue weighted by Gasteiger charge is -2.11. The highest BCUT2D eigenvalue weighted by molar-refractivity contribution is 7.89. The second-order valence-corrected chi connectivity index (χ2v) is 7.35. The molecular formula is C13H21N3O3S. The van der Waals surface area contributed by atoms with E-state index in [4.69, 9.17) is 5.14 Å². The van der Waals surface area contributed by atoms with Crippen LogP contribution in [-0.2, 0) is 16.6 Å². The molecule has 6 nitrogen and oxygen atoms in total. The smallest absolute Gasteiger partial charge is 0.267 e. The molecule has 1 heterocycles. The van der Waals surface area contributed by atoms with Crippen molar-refractivity contribution in [3.63, 3.8) is 0 Å². The Morgan fingerprint density at radius 1 is 1.50 bits per heavy atom. The maximum Gasteiger partial charge on any atom is 0.267 e. The Labute approximate surface area is 119 Å². The van der Waals surface area contributed by atoms with Crippen LogP contribution in [0.2, 0.25) is 0 Å². The number of aryl methyl sites for hydroxylation is 1. The number of hydrogen-bond acceptors (Lipinski definition) is 3. The van der Waals surface area contributed by atoms with E-state index in [0.717, 1.165) is 19.3 Å². The summed E-state index contributed by atoms with van der Waals surface area (Å²) in [6.07, 6.45) is 4.46. The second-order valence-electron chi connectivity index (χ2n) is 5.79. The molecule has 1 aromatic heterocycles. The summed E-state index contributed by atoms with van der Waals surface area (Å²) in [5, 5.41) is 7.99. The fraction of sp³-hybridized carbons (Fsp3) is 0.615. The number of sulfonamides is 1. The van der Waals surface area contributed by atoms with Crippen molar-refractivity contribution in [2.45, 2.75) is 44.6 Å². The second kappa shape index (κ2) is 5.21. The number of carbonyl (C=O) groups excluding carboxylic acids is 1. The standard InChI is InChI=1S/C13H21N3O3S/c1-3-6-16-8-10(20(14,18)19)7-11(16)12(17)15-9-13(2)4-5-13/h7-8H,3-6,9H2,1-2H3,(H,15,17)(H2,14,18,19). The van der Waals surface area contributed by atoms with Crippen LogP contribution in [0, 0.1) is 5.41 Å². The van der Waals surface area contributed by atoms with E-state index in [-0.39, 0.29) is 16.2 Å². The molecular weight excluding hydrogens is 278 g/mol. The van der Waals surface area contributed by atoms with Gasteiger partial charge in [0.25, 0.3) is 5.91 Å². The first-order valence-electron chi connectivity index (χ1n) is 6.76. The van der Waals surface area contributed by atoms with Crippen LogP contribution in [0.3, 0.4) is 0 Å². The zero-order valence-electron chi connectivity index (χ0n) is 11.8. The van der Waals surface area contributed by atoms with E-state index in [1.807, 2.05) is 6.92 Å². The lowest BCUT2D eigenvalue weighted by Crippen LogP contribution is -2.30. The minimum atomic E-state index is -3.79. The van der Waals surface area contributed by atoms with Gasteiger partial charge in [0.15, 0.2) is 0 Å². The van der Waals surface area contributed by atoms with Gasteiger partial charge in [-0.15, -0.1) is 0 Å². The van der Waals surface area contributed by atoms with Crippen LogP contribution in [-0.4, -0.2) is 25.4 Å². The van der Waals surface area contributed by atoms with Crippen LogP contribution in [0.4, 0.5) is 0 Å². The molecule has 20 heavy (non-hydrogen) atoms. The number of nitrogens with one attached hydrogen (secondary N) is 1. The lowest BCUT2D eigenvalue weighted by molar-refractivity contribution is 0.0936. The van der Waals surface area contributed by atoms with Crippen molar-refractivity contribution in [2.24, 2.45) is 10.6 Å². The third-order valence-electron chi connectivity index (χ3n) is 3.68. The number of nitrogens with two attached hydrogens (primary N) is 1. The van der Waals surface area contributed by atoms with Gasteiger partial charge in [0.2, 0.25) is 10.0 Å². The zero-order chi connectivity index (χ0) is 15.0. The predicted molar refractivity (Wildman–Crippen MR) is 75.8 cm³/mol. The molecule has 2 rings (SSSR count). The molecule has 0 saturated heterocycles. The first-order chi connectivity index (χ1) is 9.25. The molecule has 1 aliphatic carbocycles. The molecule has 0 atom stereocenters. The van der Waals surface area contributed by atoms with Crippen molar-refractivity contribution in [1.82, 2.24) is 9.88 Å². The Morgan fingerprint density at radius 2 is 2.15 bits per heavy atom. The van der Waals surface area contributed by atoms with Gasteiger partial charge >= 0.3 is 0 Å². The number of primary sulfonamides is 1. The van der Waals surface area contributed by atoms with Gasteiger partial charge < -0.3 is 9.88 Å². The number of hydrogen-bond donors (Lipinski definition) is 2. The average Bonchev–Trinajstić information content (AvgIpc) is 2.92. The number of nitrogens with zero attached hydrogens (tertiary/aromatic N) is 1. The Kier molecular flexibility index (Phi) is 3.93. The molecule has 1 fully saturated rings. The number of aromatic nitrogens is 1. The zero-order valence-corrected chi connectivity index (χ0v) is 12.7. The van der Waals surface area contributed by atoms with Crippen LogP contribution in [0.5, 0.6) is 0 Å². The summed E-state index contributed by atoms with van der Waals surface area (Å²) in [6.45, 7) is 5.28. The summed E-state index contributed by atoms with van der Waals surface area (Å²) in [5.41, 5.74) is 0.556. The fourth-order valence-electron chi connectivity index (χ4n) is 2.03. The first kappa shape index (κ1) is 15.1. The molecule has 0 spiro atoms. The summed E-state index contributed by atoms with van der Waals surface area (Å²) in [7, 11) is -3.79. The van der Waals surface area contributed by atoms with E-state index >= 15 is 0 Å². The molecule has 1 aromatic rings. The number of carbonyl (C=O) groups is 1. The number of amides is 1. The highest BCUT2D eigenvalue weighted by atomic mass is 32.2. The van der Waals surface area contributed by atoms with Crippen LogP contribution in [0.1, 0.15) is 43.6 Å². The minimum Gasteiger partial charge on any atom is -0.350 e. The van der Waals surface area contributed by atoms with Gasteiger partial charge in [-0.1, -0.05) is 13.8 Å². The minimum absolute atomic E-state index is 0.0197. The fourth-order valence-corrected chi connectivity index (χ4v) is 2.58. The summed E-state index contributed by atoms with van der Waals surface area (Å²) in [4.78, 5) is 12.2. The van der Waals surface area contributed by atoms with E-state index in [2.05, 4.69) is 12.2 Å². The normalized spacial score (nSPS) is 16.9. The molecule has 112 valence electrons. The SMILES string of the molecule is CCCn1cc(S(N)(=O)=O)cc1C(=O)NCC1(C)CC1. The quantitative estimate of drug-likeness (QED) is 0.822. The van der Waals surface area contributed by atoms with Gasteiger partial charge in [0.1, 0.15) is 10.6 Å². The summed E-state index contributed by atoms with van der Waals surface area (Å²) >= 11 is 0. The van der Waals surface area contributed by atoms with Gasteiger partial charge in [0.05, 0.1) is 0 Å². The van der Waals surface area contributed by atoms with E-state index in [1.54, 1.807) is 4.57 Å². The highest BCUT2D eigenvalue weighted by Crippen LogP contribution is 2.44.